The Morgan fingerprint density at radius 2 is 1.63 bits per heavy atom. The summed E-state index contributed by atoms with van der Waals surface area (Å²) in [5.41, 5.74) is 1.46. The van der Waals surface area contributed by atoms with Crippen LogP contribution in [0.1, 0.15) is 20.7 Å². The first-order valence-corrected chi connectivity index (χ1v) is 8.63. The normalized spacial score (nSPS) is 14.0. The predicted octanol–water partition coefficient (Wildman–Crippen LogP) is 2.36. The lowest BCUT2D eigenvalue weighted by atomic mass is 10.1. The Balaban J connectivity index is 1.69. The number of anilines is 1. The van der Waals surface area contributed by atoms with Crippen LogP contribution < -0.4 is 14.4 Å². The zero-order chi connectivity index (χ0) is 19.4. The average molecular weight is 370 g/mol. The van der Waals surface area contributed by atoms with Gasteiger partial charge in [0.15, 0.2) is 0 Å². The Morgan fingerprint density at radius 3 is 2.26 bits per heavy atom. The average Bonchev–Trinajstić information content (AvgIpc) is 2.73. The number of hydrogen-bond donors (Lipinski definition) is 1. The van der Waals surface area contributed by atoms with Crippen molar-refractivity contribution in [1.29, 1.82) is 0 Å². The summed E-state index contributed by atoms with van der Waals surface area (Å²) in [6.45, 7) is 2.41. The maximum Gasteiger partial charge on any atom is 0.335 e. The van der Waals surface area contributed by atoms with E-state index < -0.39 is 5.97 Å². The first kappa shape index (κ1) is 18.6. The van der Waals surface area contributed by atoms with Crippen molar-refractivity contribution >= 4 is 17.6 Å². The number of benzene rings is 2. The van der Waals surface area contributed by atoms with Gasteiger partial charge in [0.2, 0.25) is 0 Å². The van der Waals surface area contributed by atoms with Gasteiger partial charge in [-0.1, -0.05) is 6.07 Å². The molecule has 3 rings (SSSR count). The molecule has 0 saturated carbocycles. The molecule has 1 aliphatic rings. The first-order valence-electron chi connectivity index (χ1n) is 8.63. The number of piperazine rings is 1. The van der Waals surface area contributed by atoms with E-state index in [1.165, 1.54) is 12.1 Å². The minimum atomic E-state index is -1.04. The molecule has 27 heavy (non-hydrogen) atoms. The van der Waals surface area contributed by atoms with Crippen LogP contribution in [0.2, 0.25) is 0 Å². The molecule has 0 atom stereocenters. The maximum absolute atomic E-state index is 12.7. The van der Waals surface area contributed by atoms with Crippen LogP contribution in [0.4, 0.5) is 5.69 Å². The Morgan fingerprint density at radius 1 is 0.926 bits per heavy atom. The molecule has 1 saturated heterocycles. The third-order valence-electron chi connectivity index (χ3n) is 4.65. The zero-order valence-corrected chi connectivity index (χ0v) is 15.3. The zero-order valence-electron chi connectivity index (χ0n) is 15.3. The van der Waals surface area contributed by atoms with E-state index in [0.29, 0.717) is 31.7 Å². The Labute approximate surface area is 157 Å². The van der Waals surface area contributed by atoms with Crippen LogP contribution in [0.25, 0.3) is 0 Å². The molecule has 0 spiro atoms. The van der Waals surface area contributed by atoms with Crippen LogP contribution in [0.5, 0.6) is 11.5 Å². The summed E-state index contributed by atoms with van der Waals surface area (Å²) in [6, 6.07) is 11.8. The largest absolute Gasteiger partial charge is 0.497 e. The van der Waals surface area contributed by atoms with Crippen LogP contribution in [0, 0.1) is 0 Å². The van der Waals surface area contributed by atoms with E-state index in [4.69, 9.17) is 14.6 Å². The molecule has 2 aromatic carbocycles. The van der Waals surface area contributed by atoms with Crippen LogP contribution >= 0.6 is 0 Å². The highest BCUT2D eigenvalue weighted by molar-refractivity contribution is 5.97. The lowest BCUT2D eigenvalue weighted by molar-refractivity contribution is 0.0697. The molecule has 0 unspecified atom stereocenters. The smallest absolute Gasteiger partial charge is 0.335 e. The first-order chi connectivity index (χ1) is 13.0. The van der Waals surface area contributed by atoms with Gasteiger partial charge < -0.3 is 24.4 Å². The highest BCUT2D eigenvalue weighted by atomic mass is 16.5. The summed E-state index contributed by atoms with van der Waals surface area (Å²) in [4.78, 5) is 27.7. The standard InChI is InChI=1S/C20H22N2O5/c1-26-16-6-7-17(18(13-16)27-2)21-8-10-22(11-9-21)19(23)14-4-3-5-15(12-14)20(24)25/h3-7,12-13H,8-11H2,1-2H3,(H,24,25). The van der Waals surface area contributed by atoms with E-state index in [1.807, 2.05) is 18.2 Å². The fourth-order valence-electron chi connectivity index (χ4n) is 3.16. The SMILES string of the molecule is COc1ccc(N2CCN(C(=O)c3cccc(C(=O)O)c3)CC2)c(OC)c1. The van der Waals surface area contributed by atoms with Crippen LogP contribution in [-0.4, -0.2) is 62.3 Å². The molecule has 0 bridgehead atoms. The van der Waals surface area contributed by atoms with Crippen LogP contribution in [-0.2, 0) is 0 Å². The second kappa shape index (κ2) is 7.99. The van der Waals surface area contributed by atoms with E-state index in [1.54, 1.807) is 31.3 Å². The molecule has 1 N–H and O–H groups in total. The molecule has 1 fully saturated rings. The van der Waals surface area contributed by atoms with Crippen molar-refractivity contribution in [2.45, 2.75) is 0 Å². The number of methoxy groups -OCH3 is 2. The molecule has 7 heteroatoms. The van der Waals surface area contributed by atoms with Gasteiger partial charge in [0, 0.05) is 37.8 Å². The fraction of sp³-hybridized carbons (Fsp3) is 0.300. The van der Waals surface area contributed by atoms with E-state index in [2.05, 4.69) is 4.90 Å². The lowest BCUT2D eigenvalue weighted by Gasteiger charge is -2.36. The maximum atomic E-state index is 12.7. The Bertz CT molecular complexity index is 844. The Hall–Kier alpha value is -3.22. The number of amides is 1. The topological polar surface area (TPSA) is 79.3 Å². The van der Waals surface area contributed by atoms with Gasteiger partial charge in [0.1, 0.15) is 11.5 Å². The number of carboxylic acid groups (broad SMARTS) is 1. The van der Waals surface area contributed by atoms with Gasteiger partial charge in [-0.3, -0.25) is 4.79 Å². The quantitative estimate of drug-likeness (QED) is 0.870. The molecule has 7 nitrogen and oxygen atoms in total. The lowest BCUT2D eigenvalue weighted by Crippen LogP contribution is -2.48. The van der Waals surface area contributed by atoms with E-state index >= 15 is 0 Å². The molecule has 1 aliphatic heterocycles. The van der Waals surface area contributed by atoms with Crippen molar-refractivity contribution < 1.29 is 24.2 Å². The van der Waals surface area contributed by atoms with Gasteiger partial charge in [0.25, 0.3) is 5.91 Å². The fourth-order valence-corrected chi connectivity index (χ4v) is 3.16. The molecular formula is C20H22N2O5. The minimum absolute atomic E-state index is 0.113. The Kier molecular flexibility index (Phi) is 5.49. The minimum Gasteiger partial charge on any atom is -0.497 e. The summed E-state index contributed by atoms with van der Waals surface area (Å²) in [5.74, 6) is 0.256. The van der Waals surface area contributed by atoms with Crippen molar-refractivity contribution in [3.05, 3.63) is 53.6 Å². The van der Waals surface area contributed by atoms with Gasteiger partial charge in [-0.2, -0.15) is 0 Å². The van der Waals surface area contributed by atoms with Crippen molar-refractivity contribution in [2.24, 2.45) is 0 Å². The van der Waals surface area contributed by atoms with Gasteiger partial charge in [-0.25, -0.2) is 4.79 Å². The number of carbonyl (C=O) groups is 2. The summed E-state index contributed by atoms with van der Waals surface area (Å²) in [5, 5.41) is 9.10. The highest BCUT2D eigenvalue weighted by Crippen LogP contribution is 2.32. The number of carboxylic acids is 1. The number of ether oxygens (including phenoxy) is 2. The second-order valence-corrected chi connectivity index (χ2v) is 6.20. The van der Waals surface area contributed by atoms with Crippen LogP contribution in [0.3, 0.4) is 0 Å². The number of hydrogen-bond acceptors (Lipinski definition) is 5. The summed E-state index contributed by atoms with van der Waals surface area (Å²) in [6.07, 6.45) is 0. The summed E-state index contributed by atoms with van der Waals surface area (Å²) in [7, 11) is 3.23. The van der Waals surface area contributed by atoms with E-state index in [-0.39, 0.29) is 11.5 Å². The van der Waals surface area contributed by atoms with Gasteiger partial charge in [0.05, 0.1) is 25.5 Å². The third-order valence-corrected chi connectivity index (χ3v) is 4.65. The monoisotopic (exact) mass is 370 g/mol. The van der Waals surface area contributed by atoms with E-state index in [9.17, 15) is 9.59 Å². The van der Waals surface area contributed by atoms with Crippen molar-refractivity contribution in [3.63, 3.8) is 0 Å². The van der Waals surface area contributed by atoms with Gasteiger partial charge in [-0.05, 0) is 30.3 Å². The molecular weight excluding hydrogens is 348 g/mol. The number of rotatable bonds is 5. The summed E-state index contributed by atoms with van der Waals surface area (Å²) >= 11 is 0. The highest BCUT2D eigenvalue weighted by Gasteiger charge is 2.24. The number of carbonyl (C=O) groups excluding carboxylic acids is 1. The van der Waals surface area contributed by atoms with Crippen molar-refractivity contribution in [3.8, 4) is 11.5 Å². The third kappa shape index (κ3) is 3.97. The van der Waals surface area contributed by atoms with Crippen LogP contribution in [0.15, 0.2) is 42.5 Å². The summed E-state index contributed by atoms with van der Waals surface area (Å²) < 4.78 is 10.7. The predicted molar refractivity (Wildman–Crippen MR) is 101 cm³/mol. The number of nitrogens with zero attached hydrogens (tertiary/aromatic N) is 2. The molecule has 0 aromatic heterocycles. The molecule has 0 aliphatic carbocycles. The van der Waals surface area contributed by atoms with Gasteiger partial charge >= 0.3 is 5.97 Å². The molecule has 142 valence electrons. The van der Waals surface area contributed by atoms with Crippen molar-refractivity contribution in [2.75, 3.05) is 45.3 Å². The number of aromatic carboxylic acids is 1. The molecule has 2 aromatic rings. The van der Waals surface area contributed by atoms with Gasteiger partial charge in [-0.15, -0.1) is 0 Å². The molecule has 0 radical (unpaired) electrons. The molecule has 1 heterocycles. The van der Waals surface area contributed by atoms with E-state index in [0.717, 1.165) is 17.2 Å². The molecule has 1 amide bonds. The van der Waals surface area contributed by atoms with Crippen molar-refractivity contribution in [1.82, 2.24) is 4.90 Å². The second-order valence-electron chi connectivity index (χ2n) is 6.20.